The van der Waals surface area contributed by atoms with Crippen LogP contribution in [0.3, 0.4) is 0 Å². The van der Waals surface area contributed by atoms with Crippen LogP contribution < -0.4 is 10.6 Å². The van der Waals surface area contributed by atoms with Gasteiger partial charge in [0, 0.05) is 35.1 Å². The molecule has 8 nitrogen and oxygen atoms in total. The highest BCUT2D eigenvalue weighted by molar-refractivity contribution is 9.10. The first-order chi connectivity index (χ1) is 23.6. The molecule has 0 saturated heterocycles. The Morgan fingerprint density at radius 1 is 0.857 bits per heavy atom. The molecule has 2 amide bonds. The number of ether oxygens (including phenoxy) is 1. The lowest BCUT2D eigenvalue weighted by Gasteiger charge is -2.38. The summed E-state index contributed by atoms with van der Waals surface area (Å²) in [6.45, 7) is 8.05. The Labute approximate surface area is 297 Å². The van der Waals surface area contributed by atoms with Crippen LogP contribution in [0.4, 0.5) is 10.5 Å². The van der Waals surface area contributed by atoms with E-state index in [2.05, 4.69) is 63.0 Å². The highest BCUT2D eigenvalue weighted by atomic mass is 79.9. The van der Waals surface area contributed by atoms with Crippen molar-refractivity contribution in [3.8, 4) is 0 Å². The smallest absolute Gasteiger partial charge is 0.407 e. The van der Waals surface area contributed by atoms with Crippen LogP contribution >= 0.6 is 15.9 Å². The number of alkyl carbamates (subject to hydrolysis) is 1. The second-order valence-electron chi connectivity index (χ2n) is 12.8. The normalized spacial score (nSPS) is 12.9. The number of hydroxylamine groups is 2. The highest BCUT2D eigenvalue weighted by Crippen LogP contribution is 2.38. The van der Waals surface area contributed by atoms with Crippen molar-refractivity contribution < 1.29 is 19.2 Å². The second kappa shape index (κ2) is 16.1. The lowest BCUT2D eigenvalue weighted by Crippen LogP contribution is -2.48. The molecule has 0 aliphatic carbocycles. The summed E-state index contributed by atoms with van der Waals surface area (Å²) in [7, 11) is 0. The van der Waals surface area contributed by atoms with E-state index in [1.54, 1.807) is 20.8 Å². The van der Waals surface area contributed by atoms with Crippen LogP contribution in [0.1, 0.15) is 62.8 Å². The van der Waals surface area contributed by atoms with Gasteiger partial charge in [-0.15, -0.1) is 0 Å². The monoisotopic (exact) mass is 722 g/mol. The van der Waals surface area contributed by atoms with E-state index in [0.717, 1.165) is 32.4 Å². The first-order valence-corrected chi connectivity index (χ1v) is 17.3. The van der Waals surface area contributed by atoms with Crippen LogP contribution in [0.15, 0.2) is 124 Å². The molecular formula is C40H43BrN4O4. The topological polar surface area (TPSA) is 92.3 Å². The molecule has 0 saturated carbocycles. The highest BCUT2D eigenvalue weighted by Gasteiger charge is 2.38. The number of hydrogen-bond acceptors (Lipinski definition) is 6. The quantitative estimate of drug-likeness (QED) is 0.0920. The van der Waals surface area contributed by atoms with Gasteiger partial charge < -0.3 is 15.4 Å². The summed E-state index contributed by atoms with van der Waals surface area (Å²) in [6, 6.07) is 36.7. The van der Waals surface area contributed by atoms with Gasteiger partial charge in [-0.1, -0.05) is 120 Å². The van der Waals surface area contributed by atoms with Crippen molar-refractivity contribution in [1.29, 1.82) is 0 Å². The molecule has 0 radical (unpaired) electrons. The molecule has 254 valence electrons. The Balaban J connectivity index is 1.51. The van der Waals surface area contributed by atoms with E-state index in [1.165, 1.54) is 5.06 Å². The number of halogens is 1. The van der Waals surface area contributed by atoms with E-state index >= 15 is 0 Å². The van der Waals surface area contributed by atoms with Gasteiger partial charge in [0.2, 0.25) is 0 Å². The number of nitrogens with zero attached hydrogens (tertiary/aromatic N) is 2. The molecule has 0 unspecified atom stereocenters. The number of hydrogen-bond donors (Lipinski definition) is 2. The maximum Gasteiger partial charge on any atom is 0.407 e. The zero-order valence-corrected chi connectivity index (χ0v) is 30.0. The van der Waals surface area contributed by atoms with E-state index in [1.807, 2.05) is 85.8 Å². The number of amidine groups is 1. The predicted molar refractivity (Wildman–Crippen MR) is 198 cm³/mol. The first-order valence-electron chi connectivity index (χ1n) is 16.5. The van der Waals surface area contributed by atoms with Gasteiger partial charge in [0.05, 0.1) is 12.3 Å². The number of aliphatic imine (C=N–C) groups is 1. The number of benzene rings is 4. The van der Waals surface area contributed by atoms with Gasteiger partial charge in [-0.05, 0) is 62.1 Å². The zero-order valence-electron chi connectivity index (χ0n) is 28.4. The van der Waals surface area contributed by atoms with Crippen LogP contribution in [-0.4, -0.2) is 48.2 Å². The van der Waals surface area contributed by atoms with Crippen LogP contribution in [0, 0.1) is 0 Å². The largest absolute Gasteiger partial charge is 0.444 e. The maximum absolute atomic E-state index is 14.3. The number of carbonyl (C=O) groups excluding carboxylic acids is 2. The minimum Gasteiger partial charge on any atom is -0.444 e. The molecule has 49 heavy (non-hydrogen) atoms. The second-order valence-corrected chi connectivity index (χ2v) is 13.7. The third-order valence-electron chi connectivity index (χ3n) is 7.83. The fourth-order valence-electron chi connectivity index (χ4n) is 5.76. The predicted octanol–water partition coefficient (Wildman–Crippen LogP) is 8.54. The van der Waals surface area contributed by atoms with Gasteiger partial charge in [0.25, 0.3) is 5.91 Å². The van der Waals surface area contributed by atoms with Gasteiger partial charge in [-0.2, -0.15) is 0 Å². The molecule has 5 rings (SSSR count). The Hall–Kier alpha value is -4.73. The van der Waals surface area contributed by atoms with E-state index in [0.29, 0.717) is 24.4 Å². The molecule has 0 bridgehead atoms. The number of carbonyl (C=O) groups is 2. The summed E-state index contributed by atoms with van der Waals surface area (Å²) in [5.74, 6) is 0.352. The van der Waals surface area contributed by atoms with Crippen LogP contribution in [0.25, 0.3) is 6.08 Å². The number of nitrogens with one attached hydrogen (secondary N) is 2. The molecule has 1 aliphatic heterocycles. The van der Waals surface area contributed by atoms with Crippen molar-refractivity contribution in [2.75, 3.05) is 19.7 Å². The average Bonchev–Trinajstić information content (AvgIpc) is 3.27. The minimum atomic E-state index is -0.833. The fraction of sp³-hybridized carbons (Fsp3) is 0.275. The fourth-order valence-corrected chi connectivity index (χ4v) is 6.11. The molecule has 1 heterocycles. The maximum atomic E-state index is 14.3. The average molecular weight is 724 g/mol. The third-order valence-corrected chi connectivity index (χ3v) is 8.33. The van der Waals surface area contributed by atoms with Gasteiger partial charge in [0.1, 0.15) is 17.0 Å². The Bertz CT molecular complexity index is 1690. The van der Waals surface area contributed by atoms with Crippen molar-refractivity contribution >= 4 is 45.5 Å². The third kappa shape index (κ3) is 9.04. The number of amides is 2. The van der Waals surface area contributed by atoms with E-state index in [4.69, 9.17) is 14.6 Å². The summed E-state index contributed by atoms with van der Waals surface area (Å²) in [5, 5.41) is 7.95. The summed E-state index contributed by atoms with van der Waals surface area (Å²) >= 11 is 3.61. The molecule has 1 aliphatic rings. The summed E-state index contributed by atoms with van der Waals surface area (Å²) in [4.78, 5) is 37.6. The molecule has 0 atom stereocenters. The van der Waals surface area contributed by atoms with Crippen molar-refractivity contribution in [3.63, 3.8) is 0 Å². The molecule has 0 spiro atoms. The van der Waals surface area contributed by atoms with E-state index in [-0.39, 0.29) is 25.5 Å². The Morgan fingerprint density at radius 3 is 1.96 bits per heavy atom. The van der Waals surface area contributed by atoms with Crippen molar-refractivity contribution in [2.45, 2.75) is 51.7 Å². The van der Waals surface area contributed by atoms with E-state index in [9.17, 15) is 9.59 Å². The van der Waals surface area contributed by atoms with Crippen LogP contribution in [0.2, 0.25) is 0 Å². The van der Waals surface area contributed by atoms with Crippen molar-refractivity contribution in [3.05, 3.63) is 141 Å². The molecule has 0 aromatic heterocycles. The van der Waals surface area contributed by atoms with Gasteiger partial charge >= 0.3 is 6.09 Å². The van der Waals surface area contributed by atoms with Crippen LogP contribution in [0.5, 0.6) is 0 Å². The number of fused-ring (bicyclic) bond motifs is 1. The number of rotatable bonds is 11. The first kappa shape index (κ1) is 35.6. The lowest BCUT2D eigenvalue weighted by molar-refractivity contribution is -0.181. The molecule has 4 aromatic rings. The van der Waals surface area contributed by atoms with Gasteiger partial charge in [0.15, 0.2) is 0 Å². The zero-order chi connectivity index (χ0) is 34.9. The summed E-state index contributed by atoms with van der Waals surface area (Å²) < 4.78 is 6.20. The molecule has 4 aromatic carbocycles. The Morgan fingerprint density at radius 2 is 1.43 bits per heavy atom. The van der Waals surface area contributed by atoms with Crippen molar-refractivity contribution in [1.82, 2.24) is 15.7 Å². The molecular weight excluding hydrogens is 680 g/mol. The van der Waals surface area contributed by atoms with Crippen molar-refractivity contribution in [2.24, 2.45) is 4.99 Å². The molecule has 9 heteroatoms. The molecule has 0 fully saturated rings. The summed E-state index contributed by atoms with van der Waals surface area (Å²) in [5.41, 5.74) is 3.70. The van der Waals surface area contributed by atoms with Crippen LogP contribution in [-0.2, 0) is 19.9 Å². The lowest BCUT2D eigenvalue weighted by atomic mass is 9.76. The Kier molecular flexibility index (Phi) is 11.7. The van der Waals surface area contributed by atoms with Gasteiger partial charge in [-0.25, -0.2) is 14.9 Å². The molecule has 2 N–H and O–H groups in total. The minimum absolute atomic E-state index is 0.0973. The summed E-state index contributed by atoms with van der Waals surface area (Å²) in [6.07, 6.45) is 2.26. The SMILES string of the molecule is CCCN(OCCNC(=O)OC(C)(C)C)C(=O)C1=Cc2ccc(Br)cc2N=C(NC(c2ccccc2)(c2ccccc2)c2ccccc2)C1. The standard InChI is InChI=1S/C40H43BrN4O4/c1-5-24-45(48-25-23-42-38(47)49-39(2,3)4)37(46)30-26-29-21-22-34(41)28-35(29)43-36(27-30)44-40(31-15-9-6-10-16-31,32-17-11-7-12-18-32)33-19-13-8-14-20-33/h6-22,26,28H,5,23-25,27H2,1-4H3,(H,42,47)(H,43,44). The van der Waals surface area contributed by atoms with E-state index < -0.39 is 17.2 Å². The van der Waals surface area contributed by atoms with Gasteiger partial charge in [-0.3, -0.25) is 9.63 Å².